The number of aryl methyl sites for hydroxylation is 2. The van der Waals surface area contributed by atoms with Crippen LogP contribution in [-0.4, -0.2) is 55.6 Å². The van der Waals surface area contributed by atoms with Crippen LogP contribution in [0.25, 0.3) is 11.5 Å². The molecule has 32 heavy (non-hydrogen) atoms. The summed E-state index contributed by atoms with van der Waals surface area (Å²) in [6, 6.07) is -0.0427. The third-order valence-corrected chi connectivity index (χ3v) is 7.51. The van der Waals surface area contributed by atoms with Crippen LogP contribution in [0.15, 0.2) is 12.4 Å². The fourth-order valence-corrected chi connectivity index (χ4v) is 5.12. The van der Waals surface area contributed by atoms with Gasteiger partial charge < -0.3 is 24.9 Å². The molecule has 0 aliphatic carbocycles. The molecule has 3 aromatic heterocycles. The van der Waals surface area contributed by atoms with E-state index in [1.165, 1.54) is 0 Å². The Balaban J connectivity index is 1.48. The number of nitrogens with zero attached hydrogens (tertiary/aromatic N) is 4. The number of H-pyrrole nitrogens is 1. The molecule has 0 radical (unpaired) electrons. The van der Waals surface area contributed by atoms with Crippen molar-refractivity contribution in [2.75, 3.05) is 18.0 Å². The van der Waals surface area contributed by atoms with Crippen molar-refractivity contribution in [3.63, 3.8) is 0 Å². The molecular weight excluding hydrogens is 475 g/mol. The summed E-state index contributed by atoms with van der Waals surface area (Å²) in [5.74, 6) is -0.798. The number of nitrogens with one attached hydrogen (secondary N) is 2. The Hall–Kier alpha value is -2.56. The third kappa shape index (κ3) is 4.35. The number of aromatic carboxylic acids is 1. The normalized spacial score (nSPS) is 16.8. The predicted molar refractivity (Wildman–Crippen MR) is 124 cm³/mol. The number of rotatable bonds is 5. The van der Waals surface area contributed by atoms with Crippen LogP contribution in [0.5, 0.6) is 0 Å². The van der Waals surface area contributed by atoms with E-state index in [4.69, 9.17) is 23.2 Å². The van der Waals surface area contributed by atoms with Gasteiger partial charge in [-0.05, 0) is 26.2 Å². The number of thiazole rings is 1. The summed E-state index contributed by atoms with van der Waals surface area (Å²) < 4.78 is 1.75. The summed E-state index contributed by atoms with van der Waals surface area (Å²) in [7, 11) is 1.80. The molecule has 3 aromatic rings. The Bertz CT molecular complexity index is 1170. The highest BCUT2D eigenvalue weighted by molar-refractivity contribution is 7.17. The molecule has 0 aromatic carbocycles. The van der Waals surface area contributed by atoms with E-state index in [1.54, 1.807) is 30.9 Å². The average molecular weight is 497 g/mol. The molecule has 9 nitrogen and oxygen atoms in total. The molecule has 0 spiro atoms. The largest absolute Gasteiger partial charge is 0.477 e. The molecule has 3 N–H and O–H groups in total. The first-order valence-corrected chi connectivity index (χ1v) is 11.6. The smallest absolute Gasteiger partial charge is 0.348 e. The summed E-state index contributed by atoms with van der Waals surface area (Å²) in [5, 5.41) is 13.9. The number of aromatic nitrogens is 4. The Labute approximate surface area is 198 Å². The van der Waals surface area contributed by atoms with Gasteiger partial charge in [0.15, 0.2) is 11.0 Å². The van der Waals surface area contributed by atoms with Crippen molar-refractivity contribution in [2.45, 2.75) is 32.2 Å². The van der Waals surface area contributed by atoms with E-state index in [-0.39, 0.29) is 27.5 Å². The molecule has 4 rings (SSSR count). The van der Waals surface area contributed by atoms with Gasteiger partial charge in [0.25, 0.3) is 5.91 Å². The van der Waals surface area contributed by atoms with Gasteiger partial charge in [-0.1, -0.05) is 34.5 Å². The first-order chi connectivity index (χ1) is 15.3. The van der Waals surface area contributed by atoms with Gasteiger partial charge in [-0.2, -0.15) is 0 Å². The van der Waals surface area contributed by atoms with Gasteiger partial charge in [-0.15, -0.1) is 0 Å². The van der Waals surface area contributed by atoms with Crippen molar-refractivity contribution in [3.8, 4) is 11.5 Å². The second-order valence-electron chi connectivity index (χ2n) is 7.68. The summed E-state index contributed by atoms with van der Waals surface area (Å²) in [6.45, 7) is 3.11. The van der Waals surface area contributed by atoms with Crippen molar-refractivity contribution in [1.82, 2.24) is 24.8 Å². The van der Waals surface area contributed by atoms with Crippen LogP contribution in [0.1, 0.15) is 45.1 Å². The molecule has 1 saturated heterocycles. The van der Waals surface area contributed by atoms with E-state index in [2.05, 4.69) is 25.2 Å². The van der Waals surface area contributed by atoms with E-state index < -0.39 is 5.97 Å². The Kier molecular flexibility index (Phi) is 6.45. The van der Waals surface area contributed by atoms with Crippen molar-refractivity contribution in [2.24, 2.45) is 7.05 Å². The van der Waals surface area contributed by atoms with E-state index in [0.29, 0.717) is 46.9 Å². The number of carbonyl (C=O) groups is 2. The molecule has 170 valence electrons. The van der Waals surface area contributed by atoms with E-state index in [0.717, 1.165) is 24.2 Å². The van der Waals surface area contributed by atoms with E-state index >= 15 is 0 Å². The number of carboxylic acids is 1. The first kappa shape index (κ1) is 22.6. The lowest BCUT2D eigenvalue weighted by atomic mass is 10.1. The summed E-state index contributed by atoms with van der Waals surface area (Å²) in [6.07, 6.45) is 5.67. The molecule has 1 aliphatic rings. The lowest BCUT2D eigenvalue weighted by Crippen LogP contribution is -2.36. The molecule has 4 heterocycles. The average Bonchev–Trinajstić information content (AvgIpc) is 3.38. The highest BCUT2D eigenvalue weighted by Crippen LogP contribution is 2.34. The maximum absolute atomic E-state index is 12.7. The van der Waals surface area contributed by atoms with Crippen LogP contribution >= 0.6 is 34.5 Å². The first-order valence-electron chi connectivity index (χ1n) is 10.1. The highest BCUT2D eigenvalue weighted by Gasteiger charge is 2.27. The van der Waals surface area contributed by atoms with Gasteiger partial charge >= 0.3 is 5.97 Å². The number of halogens is 2. The number of imidazole rings is 1. The lowest BCUT2D eigenvalue weighted by molar-refractivity contribution is 0.0702. The lowest BCUT2D eigenvalue weighted by Gasteiger charge is -2.19. The van der Waals surface area contributed by atoms with Crippen LogP contribution < -0.4 is 10.2 Å². The fraction of sp³-hybridized carbons (Fsp3) is 0.400. The van der Waals surface area contributed by atoms with Crippen molar-refractivity contribution in [1.29, 1.82) is 0 Å². The fourth-order valence-electron chi connectivity index (χ4n) is 3.75. The molecule has 1 unspecified atom stereocenters. The van der Waals surface area contributed by atoms with E-state index in [1.807, 2.05) is 0 Å². The molecule has 0 saturated carbocycles. The number of hydrogen-bond acceptors (Lipinski definition) is 6. The molecule has 1 fully saturated rings. The zero-order chi connectivity index (χ0) is 23.0. The maximum atomic E-state index is 12.7. The zero-order valence-corrected chi connectivity index (χ0v) is 19.8. The second kappa shape index (κ2) is 9.13. The second-order valence-corrected chi connectivity index (χ2v) is 9.42. The number of amides is 1. The quantitative estimate of drug-likeness (QED) is 0.491. The Morgan fingerprint density at radius 2 is 2.06 bits per heavy atom. The summed E-state index contributed by atoms with van der Waals surface area (Å²) >= 11 is 13.4. The topological polar surface area (TPSA) is 116 Å². The molecule has 12 heteroatoms. The van der Waals surface area contributed by atoms with Crippen LogP contribution in [0.2, 0.25) is 10.0 Å². The van der Waals surface area contributed by atoms with Crippen molar-refractivity contribution >= 4 is 51.5 Å². The number of aromatic amines is 1. The Morgan fingerprint density at radius 3 is 2.69 bits per heavy atom. The zero-order valence-electron chi connectivity index (χ0n) is 17.5. The molecule has 0 bridgehead atoms. The number of carbonyl (C=O) groups excluding carboxylic acids is 1. The summed E-state index contributed by atoms with van der Waals surface area (Å²) in [5.41, 5.74) is 1.28. The SMILES string of the molecule is Cc1[nH]c(C(=O)NC2CCCN(c3nc(-c4nccn4C)c(C(=O)O)s3)CC2)c(Cl)c1Cl. The molecular formula is C20H22Cl2N6O3S. The van der Waals surface area contributed by atoms with Gasteiger partial charge in [0.2, 0.25) is 0 Å². The molecule has 1 atom stereocenters. The number of carboxylic acid groups (broad SMARTS) is 1. The molecule has 1 aliphatic heterocycles. The number of anilines is 1. The van der Waals surface area contributed by atoms with Gasteiger partial charge in [-0.25, -0.2) is 14.8 Å². The highest BCUT2D eigenvalue weighted by atomic mass is 35.5. The predicted octanol–water partition coefficient (Wildman–Crippen LogP) is 3.97. The standard InChI is InChI=1S/C20H22Cl2N6O3S/c1-10-12(21)13(22)14(24-10)18(29)25-11-4-3-7-28(8-5-11)20-26-15(16(32-20)19(30)31)17-23-6-9-27(17)2/h6,9,11,24H,3-5,7-8H2,1-2H3,(H,25,29)(H,30,31). The third-order valence-electron chi connectivity index (χ3n) is 5.46. The number of hydrogen-bond donors (Lipinski definition) is 3. The minimum Gasteiger partial charge on any atom is -0.477 e. The van der Waals surface area contributed by atoms with Crippen LogP contribution in [0.4, 0.5) is 5.13 Å². The van der Waals surface area contributed by atoms with Gasteiger partial charge in [-0.3, -0.25) is 4.79 Å². The maximum Gasteiger partial charge on any atom is 0.348 e. The Morgan fingerprint density at radius 1 is 1.28 bits per heavy atom. The van der Waals surface area contributed by atoms with Crippen LogP contribution in [-0.2, 0) is 7.05 Å². The van der Waals surface area contributed by atoms with Gasteiger partial charge in [0.05, 0.1) is 10.0 Å². The minimum atomic E-state index is -1.02. The van der Waals surface area contributed by atoms with Crippen molar-refractivity contribution in [3.05, 3.63) is 38.7 Å². The van der Waals surface area contributed by atoms with Crippen LogP contribution in [0, 0.1) is 6.92 Å². The minimum absolute atomic E-state index is 0.0427. The van der Waals surface area contributed by atoms with Crippen molar-refractivity contribution < 1.29 is 14.7 Å². The molecule has 1 amide bonds. The summed E-state index contributed by atoms with van der Waals surface area (Å²) in [4.78, 5) is 38.5. The van der Waals surface area contributed by atoms with Crippen LogP contribution in [0.3, 0.4) is 0 Å². The van der Waals surface area contributed by atoms with Gasteiger partial charge in [0, 0.05) is 44.3 Å². The monoisotopic (exact) mass is 496 g/mol. The van der Waals surface area contributed by atoms with E-state index in [9.17, 15) is 14.7 Å². The van der Waals surface area contributed by atoms with Gasteiger partial charge in [0.1, 0.15) is 16.3 Å².